The minimum Gasteiger partial charge on any atom is -0.477 e. The van der Waals surface area contributed by atoms with Gasteiger partial charge in [0, 0.05) is 43.0 Å². The number of allylic oxidation sites excluding steroid dienone is 1. The number of Topliss-reactive ketones (excluding diaryl/α,β-unsaturated/α-hetero) is 1. The van der Waals surface area contributed by atoms with Crippen LogP contribution in [0.15, 0.2) is 36.1 Å². The molecule has 0 radical (unpaired) electrons. The Bertz CT molecular complexity index is 1090. The fraction of sp³-hybridized carbons (Fsp3) is 0.348. The van der Waals surface area contributed by atoms with Gasteiger partial charge in [0.15, 0.2) is 5.76 Å². The predicted octanol–water partition coefficient (Wildman–Crippen LogP) is 3.85. The van der Waals surface area contributed by atoms with Gasteiger partial charge in [0.05, 0.1) is 16.6 Å². The normalized spacial score (nSPS) is 21.5. The molecule has 0 aromatic heterocycles. The zero-order chi connectivity index (χ0) is 21.5. The van der Waals surface area contributed by atoms with Crippen LogP contribution in [0.2, 0.25) is 0 Å². The van der Waals surface area contributed by atoms with E-state index in [0.717, 1.165) is 42.9 Å². The molecule has 8 nitrogen and oxygen atoms in total. The van der Waals surface area contributed by atoms with Gasteiger partial charge in [-0.1, -0.05) is 0 Å². The molecule has 0 N–H and O–H groups in total. The van der Waals surface area contributed by atoms with Gasteiger partial charge in [0.2, 0.25) is 5.78 Å². The number of benzene rings is 2. The highest BCUT2D eigenvalue weighted by Gasteiger charge is 2.34. The molecule has 3 aliphatic rings. The van der Waals surface area contributed by atoms with Gasteiger partial charge >= 0.3 is 0 Å². The largest absolute Gasteiger partial charge is 0.477 e. The van der Waals surface area contributed by atoms with Gasteiger partial charge in [0.1, 0.15) is 18.2 Å². The Morgan fingerprint density at radius 2 is 2.06 bits per heavy atom. The average molecular weight is 422 g/mol. The second-order valence-electron chi connectivity index (χ2n) is 8.07. The van der Waals surface area contributed by atoms with Gasteiger partial charge in [-0.05, 0) is 49.6 Å². The summed E-state index contributed by atoms with van der Waals surface area (Å²) in [5.41, 5.74) is 2.95. The molecule has 2 aromatic carbocycles. The van der Waals surface area contributed by atoms with Gasteiger partial charge < -0.3 is 14.2 Å². The number of rotatable bonds is 4. The van der Waals surface area contributed by atoms with Crippen molar-refractivity contribution in [2.24, 2.45) is 0 Å². The van der Waals surface area contributed by atoms with E-state index in [1.165, 1.54) is 12.1 Å². The van der Waals surface area contributed by atoms with Crippen molar-refractivity contribution in [2.45, 2.75) is 32.4 Å². The molecule has 1 unspecified atom stereocenters. The third-order valence-electron chi connectivity index (χ3n) is 5.89. The number of non-ortho nitro benzene ring substituents is 1. The van der Waals surface area contributed by atoms with Crippen molar-refractivity contribution in [1.82, 2.24) is 4.90 Å². The van der Waals surface area contributed by atoms with E-state index in [-0.39, 0.29) is 23.3 Å². The first-order chi connectivity index (χ1) is 15.0. The van der Waals surface area contributed by atoms with E-state index in [1.807, 2.05) is 13.0 Å². The minimum absolute atomic E-state index is 0.00247. The smallest absolute Gasteiger partial charge is 0.269 e. The van der Waals surface area contributed by atoms with Crippen molar-refractivity contribution in [3.05, 3.63) is 68.5 Å². The number of carbonyl (C=O) groups excluding carboxylic acids is 1. The molecule has 1 fully saturated rings. The summed E-state index contributed by atoms with van der Waals surface area (Å²) >= 11 is 0. The standard InChI is InChI=1S/C23H22N2O6/c1-14-22-16(11-24(13-30-22)12-18-3-2-8-29-18)10-19-21(26)20(31-23(14)19)9-15-4-6-17(7-5-15)25(27)28/h4-7,9-10,18H,2-3,8,11-13H2,1H3/b20-9-. The molecule has 0 amide bonds. The summed E-state index contributed by atoms with van der Waals surface area (Å²) in [6.07, 6.45) is 4.00. The highest BCUT2D eigenvalue weighted by Crippen LogP contribution is 2.43. The average Bonchev–Trinajstić information content (AvgIpc) is 3.38. The Labute approximate surface area is 179 Å². The Hall–Kier alpha value is -3.23. The number of fused-ring (bicyclic) bond motifs is 2. The van der Waals surface area contributed by atoms with Crippen LogP contribution in [0.4, 0.5) is 5.69 Å². The molecule has 3 aliphatic heterocycles. The number of nitro groups is 1. The molecule has 160 valence electrons. The van der Waals surface area contributed by atoms with Gasteiger partial charge in [-0.25, -0.2) is 0 Å². The van der Waals surface area contributed by atoms with Crippen molar-refractivity contribution >= 4 is 17.5 Å². The van der Waals surface area contributed by atoms with Crippen LogP contribution in [0.3, 0.4) is 0 Å². The van der Waals surface area contributed by atoms with Crippen LogP contribution >= 0.6 is 0 Å². The summed E-state index contributed by atoms with van der Waals surface area (Å²) in [6, 6.07) is 7.85. The number of carbonyl (C=O) groups is 1. The summed E-state index contributed by atoms with van der Waals surface area (Å²) in [4.78, 5) is 25.6. The van der Waals surface area contributed by atoms with Crippen molar-refractivity contribution in [3.8, 4) is 11.5 Å². The Balaban J connectivity index is 1.39. The van der Waals surface area contributed by atoms with Gasteiger partial charge in [0.25, 0.3) is 5.69 Å². The van der Waals surface area contributed by atoms with Crippen LogP contribution in [-0.2, 0) is 11.3 Å². The molecule has 0 saturated carbocycles. The zero-order valence-electron chi connectivity index (χ0n) is 17.1. The number of nitrogens with zero attached hydrogens (tertiary/aromatic N) is 2. The van der Waals surface area contributed by atoms with Crippen molar-refractivity contribution in [3.63, 3.8) is 0 Å². The van der Waals surface area contributed by atoms with Gasteiger partial charge in [-0.15, -0.1) is 0 Å². The molecule has 3 heterocycles. The topological polar surface area (TPSA) is 91.1 Å². The van der Waals surface area contributed by atoms with E-state index < -0.39 is 4.92 Å². The number of ketones is 1. The third-order valence-corrected chi connectivity index (χ3v) is 5.89. The second-order valence-corrected chi connectivity index (χ2v) is 8.07. The first kappa shape index (κ1) is 19.7. The van der Waals surface area contributed by atoms with Crippen LogP contribution in [0.1, 0.15) is 39.9 Å². The lowest BCUT2D eigenvalue weighted by Gasteiger charge is -2.31. The lowest BCUT2D eigenvalue weighted by atomic mass is 10.00. The van der Waals surface area contributed by atoms with Crippen molar-refractivity contribution in [2.75, 3.05) is 19.9 Å². The SMILES string of the molecule is Cc1c2c(cc3c1O/C(=C\c1ccc([N+](=O)[O-])cc1)C3=O)CN(CC1CCCO1)CO2. The summed E-state index contributed by atoms with van der Waals surface area (Å²) in [5.74, 6) is 1.29. The minimum atomic E-state index is -0.458. The Kier molecular flexibility index (Phi) is 4.95. The van der Waals surface area contributed by atoms with E-state index in [2.05, 4.69) is 4.90 Å². The summed E-state index contributed by atoms with van der Waals surface area (Å²) in [7, 11) is 0. The van der Waals surface area contributed by atoms with E-state index in [0.29, 0.717) is 30.2 Å². The van der Waals surface area contributed by atoms with E-state index in [1.54, 1.807) is 18.2 Å². The monoisotopic (exact) mass is 422 g/mol. The fourth-order valence-corrected chi connectivity index (χ4v) is 4.33. The van der Waals surface area contributed by atoms with Crippen LogP contribution in [-0.4, -0.2) is 41.6 Å². The van der Waals surface area contributed by atoms with E-state index >= 15 is 0 Å². The molecule has 31 heavy (non-hydrogen) atoms. The van der Waals surface area contributed by atoms with Crippen LogP contribution in [0.5, 0.6) is 11.5 Å². The Morgan fingerprint density at radius 3 is 2.77 bits per heavy atom. The second kappa shape index (κ2) is 7.79. The van der Waals surface area contributed by atoms with Crippen molar-refractivity contribution in [1.29, 1.82) is 0 Å². The van der Waals surface area contributed by atoms with Crippen LogP contribution in [0, 0.1) is 17.0 Å². The van der Waals surface area contributed by atoms with Crippen LogP contribution in [0.25, 0.3) is 6.08 Å². The highest BCUT2D eigenvalue weighted by molar-refractivity contribution is 6.15. The molecular formula is C23H22N2O6. The highest BCUT2D eigenvalue weighted by atomic mass is 16.6. The number of hydrogen-bond donors (Lipinski definition) is 0. The van der Waals surface area contributed by atoms with E-state index in [4.69, 9.17) is 14.2 Å². The lowest BCUT2D eigenvalue weighted by Crippen LogP contribution is -2.37. The predicted molar refractivity (Wildman–Crippen MR) is 112 cm³/mol. The molecule has 5 rings (SSSR count). The summed E-state index contributed by atoms with van der Waals surface area (Å²) in [6.45, 7) is 4.70. The lowest BCUT2D eigenvalue weighted by molar-refractivity contribution is -0.384. The van der Waals surface area contributed by atoms with Crippen molar-refractivity contribution < 1.29 is 23.9 Å². The first-order valence-electron chi connectivity index (χ1n) is 10.3. The summed E-state index contributed by atoms with van der Waals surface area (Å²) < 4.78 is 17.7. The number of ether oxygens (including phenoxy) is 3. The molecule has 1 saturated heterocycles. The molecule has 2 aromatic rings. The van der Waals surface area contributed by atoms with Gasteiger partial charge in [-0.3, -0.25) is 19.8 Å². The zero-order valence-corrected chi connectivity index (χ0v) is 17.1. The summed E-state index contributed by atoms with van der Waals surface area (Å²) in [5, 5.41) is 10.8. The quantitative estimate of drug-likeness (QED) is 0.420. The maximum absolute atomic E-state index is 13.0. The number of nitro benzene ring substituents is 1. The maximum atomic E-state index is 13.0. The molecule has 8 heteroatoms. The molecule has 0 aliphatic carbocycles. The van der Waals surface area contributed by atoms with Crippen LogP contribution < -0.4 is 9.47 Å². The molecule has 0 bridgehead atoms. The Morgan fingerprint density at radius 1 is 1.26 bits per heavy atom. The van der Waals surface area contributed by atoms with E-state index in [9.17, 15) is 14.9 Å². The van der Waals surface area contributed by atoms with Gasteiger partial charge in [-0.2, -0.15) is 0 Å². The first-order valence-corrected chi connectivity index (χ1v) is 10.3. The number of hydrogen-bond acceptors (Lipinski definition) is 7. The molecular weight excluding hydrogens is 400 g/mol. The molecule has 1 atom stereocenters. The fourth-order valence-electron chi connectivity index (χ4n) is 4.33. The third kappa shape index (κ3) is 3.68. The molecule has 0 spiro atoms. The maximum Gasteiger partial charge on any atom is 0.269 e.